The lowest BCUT2D eigenvalue weighted by molar-refractivity contribution is 0.309. The van der Waals surface area contributed by atoms with Crippen molar-refractivity contribution in [2.45, 2.75) is 37.7 Å². The maximum absolute atomic E-state index is 6.31. The third-order valence-electron chi connectivity index (χ3n) is 3.94. The summed E-state index contributed by atoms with van der Waals surface area (Å²) in [4.78, 5) is 7.16. The molecule has 0 radical (unpaired) electrons. The molecule has 3 rings (SSSR count). The van der Waals surface area contributed by atoms with Crippen molar-refractivity contribution in [3.8, 4) is 0 Å². The zero-order valence-corrected chi connectivity index (χ0v) is 14.7. The van der Waals surface area contributed by atoms with Gasteiger partial charge in [-0.3, -0.25) is 0 Å². The Morgan fingerprint density at radius 3 is 2.90 bits per heavy atom. The van der Waals surface area contributed by atoms with Crippen LogP contribution in [0.4, 0.5) is 0 Å². The number of fused-ring (bicyclic) bond motifs is 1. The molecule has 0 bridgehead atoms. The van der Waals surface area contributed by atoms with Crippen LogP contribution in [-0.4, -0.2) is 34.1 Å². The molecule has 5 heteroatoms. The van der Waals surface area contributed by atoms with Gasteiger partial charge in [0, 0.05) is 22.7 Å². The maximum atomic E-state index is 6.31. The number of hydrogen-bond donors (Lipinski definition) is 0. The zero-order chi connectivity index (χ0) is 14.3. The molecule has 1 saturated carbocycles. The Morgan fingerprint density at radius 2 is 2.25 bits per heavy atom. The first kappa shape index (κ1) is 14.6. The molecular formula is C15H19ClIN3. The Kier molecular flexibility index (Phi) is 4.24. The highest BCUT2D eigenvalue weighted by molar-refractivity contribution is 14.1. The van der Waals surface area contributed by atoms with E-state index in [-0.39, 0.29) is 5.38 Å². The lowest BCUT2D eigenvalue weighted by Gasteiger charge is -2.18. The van der Waals surface area contributed by atoms with Crippen LogP contribution in [0.5, 0.6) is 0 Å². The first-order chi connectivity index (χ1) is 9.56. The minimum atomic E-state index is -0.0636. The van der Waals surface area contributed by atoms with Crippen LogP contribution < -0.4 is 0 Å². The van der Waals surface area contributed by atoms with Gasteiger partial charge in [0.2, 0.25) is 0 Å². The van der Waals surface area contributed by atoms with E-state index in [0.717, 1.165) is 30.5 Å². The Labute approximate surface area is 138 Å². The molecule has 0 N–H and O–H groups in total. The molecule has 1 aliphatic rings. The van der Waals surface area contributed by atoms with Crippen molar-refractivity contribution in [2.24, 2.45) is 0 Å². The van der Waals surface area contributed by atoms with E-state index in [1.165, 1.54) is 21.9 Å². The number of hydrogen-bond acceptors (Lipinski definition) is 2. The van der Waals surface area contributed by atoms with Crippen molar-refractivity contribution in [1.82, 2.24) is 14.5 Å². The van der Waals surface area contributed by atoms with E-state index in [1.807, 2.05) is 6.92 Å². The normalized spacial score (nSPS) is 17.1. The van der Waals surface area contributed by atoms with Crippen LogP contribution in [0.1, 0.15) is 31.0 Å². The van der Waals surface area contributed by atoms with Gasteiger partial charge in [-0.15, -0.1) is 11.6 Å². The fraction of sp³-hybridized carbons (Fsp3) is 0.533. The van der Waals surface area contributed by atoms with Gasteiger partial charge in [-0.05, 0) is 67.6 Å². The molecule has 1 fully saturated rings. The third kappa shape index (κ3) is 2.97. The van der Waals surface area contributed by atoms with Gasteiger partial charge in [-0.2, -0.15) is 0 Å². The number of likely N-dealkylation sites (N-methyl/N-ethyl adjacent to an activating group) is 1. The molecule has 3 nitrogen and oxygen atoms in total. The second-order valence-corrected chi connectivity index (χ2v) is 7.48. The van der Waals surface area contributed by atoms with E-state index in [2.05, 4.69) is 57.3 Å². The lowest BCUT2D eigenvalue weighted by Crippen LogP contribution is -2.25. The van der Waals surface area contributed by atoms with Gasteiger partial charge in [-0.25, -0.2) is 4.98 Å². The monoisotopic (exact) mass is 403 g/mol. The summed E-state index contributed by atoms with van der Waals surface area (Å²) in [5.74, 6) is 0.980. The molecule has 1 aliphatic carbocycles. The number of alkyl halides is 1. The largest absolute Gasteiger partial charge is 0.325 e. The van der Waals surface area contributed by atoms with E-state index in [9.17, 15) is 0 Å². The molecule has 1 aromatic heterocycles. The molecule has 1 atom stereocenters. The number of nitrogens with zero attached hydrogens (tertiary/aromatic N) is 3. The average molecular weight is 404 g/mol. The molecular weight excluding hydrogens is 385 g/mol. The number of halogens is 2. The van der Waals surface area contributed by atoms with Crippen molar-refractivity contribution >= 4 is 45.2 Å². The average Bonchev–Trinajstić information content (AvgIpc) is 3.18. The highest BCUT2D eigenvalue weighted by atomic mass is 127. The minimum absolute atomic E-state index is 0.0636. The van der Waals surface area contributed by atoms with Crippen molar-refractivity contribution in [2.75, 3.05) is 13.6 Å². The number of aromatic nitrogens is 2. The van der Waals surface area contributed by atoms with E-state index >= 15 is 0 Å². The second kappa shape index (κ2) is 5.81. The summed E-state index contributed by atoms with van der Waals surface area (Å²) < 4.78 is 3.49. The Morgan fingerprint density at radius 1 is 1.50 bits per heavy atom. The van der Waals surface area contributed by atoms with Crippen LogP contribution in [0.15, 0.2) is 18.2 Å². The molecule has 0 spiro atoms. The topological polar surface area (TPSA) is 21.1 Å². The smallest absolute Gasteiger partial charge is 0.127 e. The van der Waals surface area contributed by atoms with Crippen molar-refractivity contribution < 1.29 is 0 Å². The lowest BCUT2D eigenvalue weighted by atomic mass is 10.3. The zero-order valence-electron chi connectivity index (χ0n) is 11.8. The van der Waals surface area contributed by atoms with E-state index in [0.29, 0.717) is 0 Å². The fourth-order valence-electron chi connectivity index (χ4n) is 2.62. The minimum Gasteiger partial charge on any atom is -0.325 e. The van der Waals surface area contributed by atoms with Gasteiger partial charge in [0.25, 0.3) is 0 Å². The summed E-state index contributed by atoms with van der Waals surface area (Å²) in [6.07, 6.45) is 2.69. The molecule has 1 unspecified atom stereocenters. The van der Waals surface area contributed by atoms with Crippen LogP contribution in [-0.2, 0) is 6.54 Å². The van der Waals surface area contributed by atoms with Crippen LogP contribution in [0, 0.1) is 3.57 Å². The molecule has 0 saturated heterocycles. The van der Waals surface area contributed by atoms with Gasteiger partial charge in [-0.1, -0.05) is 0 Å². The maximum Gasteiger partial charge on any atom is 0.127 e. The van der Waals surface area contributed by atoms with E-state index < -0.39 is 0 Å². The van der Waals surface area contributed by atoms with Crippen molar-refractivity contribution in [1.29, 1.82) is 0 Å². The highest BCUT2D eigenvalue weighted by Crippen LogP contribution is 2.27. The van der Waals surface area contributed by atoms with Crippen LogP contribution in [0.2, 0.25) is 0 Å². The molecule has 1 aromatic carbocycles. The van der Waals surface area contributed by atoms with Gasteiger partial charge in [0.15, 0.2) is 0 Å². The summed E-state index contributed by atoms with van der Waals surface area (Å²) in [5, 5.41) is -0.0636. The summed E-state index contributed by atoms with van der Waals surface area (Å²) >= 11 is 8.64. The predicted octanol–water partition coefficient (Wildman–Crippen LogP) is 4.03. The predicted molar refractivity (Wildman–Crippen MR) is 92.4 cm³/mol. The highest BCUT2D eigenvalue weighted by Gasteiger charge is 2.26. The summed E-state index contributed by atoms with van der Waals surface area (Å²) in [6.45, 7) is 4.00. The summed E-state index contributed by atoms with van der Waals surface area (Å²) in [7, 11) is 2.21. The molecule has 1 heterocycles. The molecule has 0 amide bonds. The molecule has 108 valence electrons. The fourth-order valence-corrected chi connectivity index (χ4v) is 3.26. The quantitative estimate of drug-likeness (QED) is 0.555. The Hall–Kier alpha value is -0.330. The van der Waals surface area contributed by atoms with E-state index in [1.54, 1.807) is 0 Å². The Bertz CT molecular complexity index is 619. The van der Waals surface area contributed by atoms with Gasteiger partial charge < -0.3 is 9.47 Å². The number of rotatable bonds is 5. The van der Waals surface area contributed by atoms with Crippen LogP contribution >= 0.6 is 34.2 Å². The van der Waals surface area contributed by atoms with Gasteiger partial charge >= 0.3 is 0 Å². The van der Waals surface area contributed by atoms with Crippen LogP contribution in [0.3, 0.4) is 0 Å². The van der Waals surface area contributed by atoms with Crippen molar-refractivity contribution in [3.63, 3.8) is 0 Å². The van der Waals surface area contributed by atoms with E-state index in [4.69, 9.17) is 16.6 Å². The summed E-state index contributed by atoms with van der Waals surface area (Å²) in [6, 6.07) is 7.21. The third-order valence-corrected chi connectivity index (χ3v) is 4.81. The van der Waals surface area contributed by atoms with Gasteiger partial charge in [0.05, 0.1) is 16.4 Å². The van der Waals surface area contributed by atoms with Gasteiger partial charge in [0.1, 0.15) is 5.82 Å². The molecule has 20 heavy (non-hydrogen) atoms. The number of imidazole rings is 1. The summed E-state index contributed by atoms with van der Waals surface area (Å²) in [5.41, 5.74) is 2.24. The molecule has 2 aromatic rings. The standard InChI is InChI=1S/C15H19ClIN3/c1-10(16)15-18-13-9-11(17)3-6-14(13)20(15)8-7-19(2)12-4-5-12/h3,6,9-10,12H,4-5,7-8H2,1-2H3. The first-order valence-electron chi connectivity index (χ1n) is 7.06. The van der Waals surface area contributed by atoms with Crippen molar-refractivity contribution in [3.05, 3.63) is 27.6 Å². The van der Waals surface area contributed by atoms with Crippen LogP contribution in [0.25, 0.3) is 11.0 Å². The molecule has 0 aliphatic heterocycles. The second-order valence-electron chi connectivity index (χ2n) is 5.58. The SMILES string of the molecule is CC(Cl)c1nc2cc(I)ccc2n1CCN(C)C1CC1. The first-order valence-corrected chi connectivity index (χ1v) is 8.58. The number of benzene rings is 1. The Balaban J connectivity index is 1.91.